The summed E-state index contributed by atoms with van der Waals surface area (Å²) in [6, 6.07) is 16.3. The molecule has 3 aromatic rings. The molecular weight excluding hydrogens is 314 g/mol. The lowest BCUT2D eigenvalue weighted by Gasteiger charge is -2.11. The van der Waals surface area contributed by atoms with E-state index in [1.165, 1.54) is 5.56 Å². The van der Waals surface area contributed by atoms with Crippen LogP contribution in [0, 0.1) is 0 Å². The lowest BCUT2D eigenvalue weighted by atomic mass is 10.2. The van der Waals surface area contributed by atoms with Crippen molar-refractivity contribution in [1.29, 1.82) is 0 Å². The summed E-state index contributed by atoms with van der Waals surface area (Å²) in [5, 5.41) is 2.70. The van der Waals surface area contributed by atoms with Crippen molar-refractivity contribution in [1.82, 2.24) is 14.9 Å². The number of rotatable bonds is 9. The largest absolute Gasteiger partial charge is 0.492 e. The molecule has 0 saturated heterocycles. The zero-order valence-electron chi connectivity index (χ0n) is 14.4. The highest BCUT2D eigenvalue weighted by Gasteiger charge is 2.10. The average Bonchev–Trinajstić information content (AvgIpc) is 3.00. The number of carbonyl (C=O) groups is 1. The molecule has 1 amide bonds. The van der Waals surface area contributed by atoms with Gasteiger partial charge in [0, 0.05) is 13.0 Å². The van der Waals surface area contributed by atoms with Gasteiger partial charge in [-0.05, 0) is 36.2 Å². The van der Waals surface area contributed by atoms with Crippen LogP contribution >= 0.6 is 0 Å². The van der Waals surface area contributed by atoms with Crippen molar-refractivity contribution in [2.45, 2.75) is 26.3 Å². The maximum atomic E-state index is 10.5. The van der Waals surface area contributed by atoms with Crippen molar-refractivity contribution in [3.63, 3.8) is 0 Å². The lowest BCUT2D eigenvalue weighted by molar-refractivity contribution is -0.109. The van der Waals surface area contributed by atoms with Gasteiger partial charge in [-0.25, -0.2) is 4.98 Å². The molecule has 0 radical (unpaired) electrons. The maximum absolute atomic E-state index is 10.5. The van der Waals surface area contributed by atoms with Crippen LogP contribution < -0.4 is 10.1 Å². The normalized spacial score (nSPS) is 10.8. The number of hydrogen-bond acceptors (Lipinski definition) is 3. The first-order valence-corrected chi connectivity index (χ1v) is 8.64. The molecule has 0 bridgehead atoms. The summed E-state index contributed by atoms with van der Waals surface area (Å²) >= 11 is 0. The van der Waals surface area contributed by atoms with E-state index in [9.17, 15) is 4.79 Å². The van der Waals surface area contributed by atoms with E-state index < -0.39 is 0 Å². The predicted molar refractivity (Wildman–Crippen MR) is 98.8 cm³/mol. The maximum Gasteiger partial charge on any atom is 0.207 e. The molecule has 0 aliphatic carbocycles. The molecule has 1 N–H and O–H groups in total. The average molecular weight is 337 g/mol. The third-order valence-electron chi connectivity index (χ3n) is 4.23. The van der Waals surface area contributed by atoms with Gasteiger partial charge in [-0.3, -0.25) is 4.79 Å². The van der Waals surface area contributed by atoms with E-state index in [2.05, 4.69) is 40.0 Å². The Morgan fingerprint density at radius 1 is 1.16 bits per heavy atom. The number of carbonyl (C=O) groups excluding carboxylic acids is 1. The zero-order valence-corrected chi connectivity index (χ0v) is 14.4. The van der Waals surface area contributed by atoms with E-state index in [1.807, 2.05) is 30.3 Å². The minimum Gasteiger partial charge on any atom is -0.492 e. The number of imidazole rings is 1. The van der Waals surface area contributed by atoms with Crippen LogP contribution in [-0.2, 0) is 24.2 Å². The predicted octanol–water partition coefficient (Wildman–Crippen LogP) is 2.97. The molecule has 1 aromatic heterocycles. The number of benzene rings is 2. The van der Waals surface area contributed by atoms with E-state index in [1.54, 1.807) is 0 Å². The van der Waals surface area contributed by atoms with Gasteiger partial charge in [-0.15, -0.1) is 0 Å². The first-order chi connectivity index (χ1) is 12.3. The molecule has 25 heavy (non-hydrogen) atoms. The number of fused-ring (bicyclic) bond motifs is 1. The van der Waals surface area contributed by atoms with Crippen molar-refractivity contribution < 1.29 is 9.53 Å². The molecule has 0 spiro atoms. The second-order valence-corrected chi connectivity index (χ2v) is 5.84. The van der Waals surface area contributed by atoms with Gasteiger partial charge < -0.3 is 14.6 Å². The van der Waals surface area contributed by atoms with E-state index in [0.717, 1.165) is 35.4 Å². The van der Waals surface area contributed by atoms with Gasteiger partial charge in [0.1, 0.15) is 18.2 Å². The molecule has 0 fully saturated rings. The summed E-state index contributed by atoms with van der Waals surface area (Å²) in [6.07, 6.45) is 2.44. The Hall–Kier alpha value is -2.82. The van der Waals surface area contributed by atoms with Gasteiger partial charge in [0.15, 0.2) is 0 Å². The van der Waals surface area contributed by atoms with Crippen LogP contribution in [0.15, 0.2) is 48.5 Å². The number of hydrogen-bond donors (Lipinski definition) is 1. The molecule has 3 rings (SSSR count). The second kappa shape index (κ2) is 8.33. The van der Waals surface area contributed by atoms with E-state index in [4.69, 9.17) is 4.74 Å². The fraction of sp³-hybridized carbons (Fsp3) is 0.300. The van der Waals surface area contributed by atoms with Crippen molar-refractivity contribution in [2.24, 2.45) is 0 Å². The van der Waals surface area contributed by atoms with Gasteiger partial charge in [0.05, 0.1) is 17.6 Å². The highest BCUT2D eigenvalue weighted by atomic mass is 16.5. The Bertz CT molecular complexity index is 825. The van der Waals surface area contributed by atoms with Gasteiger partial charge in [-0.2, -0.15) is 0 Å². The first-order valence-electron chi connectivity index (χ1n) is 8.64. The second-order valence-electron chi connectivity index (χ2n) is 5.84. The number of aromatic nitrogens is 2. The van der Waals surface area contributed by atoms with Crippen LogP contribution in [0.2, 0.25) is 0 Å². The molecule has 130 valence electrons. The third kappa shape index (κ3) is 4.18. The first kappa shape index (κ1) is 17.0. The Labute approximate surface area is 147 Å². The molecule has 5 heteroatoms. The topological polar surface area (TPSA) is 56.1 Å². The highest BCUT2D eigenvalue weighted by molar-refractivity contribution is 5.75. The van der Waals surface area contributed by atoms with Gasteiger partial charge in [0.2, 0.25) is 6.41 Å². The molecule has 0 aliphatic heterocycles. The van der Waals surface area contributed by atoms with E-state index in [-0.39, 0.29) is 0 Å². The van der Waals surface area contributed by atoms with E-state index in [0.29, 0.717) is 26.1 Å². The van der Waals surface area contributed by atoms with Gasteiger partial charge >= 0.3 is 0 Å². The van der Waals surface area contributed by atoms with Gasteiger partial charge in [-0.1, -0.05) is 31.2 Å². The Morgan fingerprint density at radius 3 is 2.72 bits per heavy atom. The number of amides is 1. The van der Waals surface area contributed by atoms with Gasteiger partial charge in [0.25, 0.3) is 0 Å². The minimum absolute atomic E-state index is 0.569. The molecule has 0 atom stereocenters. The fourth-order valence-corrected chi connectivity index (χ4v) is 2.88. The molecule has 0 saturated carbocycles. The number of nitrogens with zero attached hydrogens (tertiary/aromatic N) is 2. The highest BCUT2D eigenvalue weighted by Crippen LogP contribution is 2.17. The molecule has 2 aromatic carbocycles. The van der Waals surface area contributed by atoms with Crippen molar-refractivity contribution in [3.05, 3.63) is 59.9 Å². The quantitative estimate of drug-likeness (QED) is 0.482. The number of nitrogens with one attached hydrogen (secondary N) is 1. The Morgan fingerprint density at radius 2 is 1.96 bits per heavy atom. The van der Waals surface area contributed by atoms with Crippen LogP contribution in [0.25, 0.3) is 11.0 Å². The van der Waals surface area contributed by atoms with Crippen LogP contribution in [0.5, 0.6) is 5.75 Å². The smallest absolute Gasteiger partial charge is 0.207 e. The SMILES string of the molecule is CCc1ccc(OCCn2c(CCNC=O)nc3ccccc32)cc1. The summed E-state index contributed by atoms with van der Waals surface area (Å²) < 4.78 is 8.06. The lowest BCUT2D eigenvalue weighted by Crippen LogP contribution is -2.18. The van der Waals surface area contributed by atoms with E-state index >= 15 is 0 Å². The molecule has 1 heterocycles. The van der Waals surface area contributed by atoms with Crippen LogP contribution in [0.3, 0.4) is 0 Å². The van der Waals surface area contributed by atoms with Crippen molar-refractivity contribution >= 4 is 17.4 Å². The summed E-state index contributed by atoms with van der Waals surface area (Å²) in [6.45, 7) is 4.00. The Kier molecular flexibility index (Phi) is 5.67. The minimum atomic E-state index is 0.569. The summed E-state index contributed by atoms with van der Waals surface area (Å²) in [5.41, 5.74) is 3.36. The summed E-state index contributed by atoms with van der Waals surface area (Å²) in [5.74, 6) is 1.84. The molecular formula is C20H23N3O2. The van der Waals surface area contributed by atoms with Crippen LogP contribution in [0.1, 0.15) is 18.3 Å². The number of aryl methyl sites for hydroxylation is 1. The molecule has 0 aliphatic rings. The fourth-order valence-electron chi connectivity index (χ4n) is 2.88. The number of para-hydroxylation sites is 2. The number of ether oxygens (including phenoxy) is 1. The summed E-state index contributed by atoms with van der Waals surface area (Å²) in [4.78, 5) is 15.2. The Balaban J connectivity index is 1.70. The molecule has 5 nitrogen and oxygen atoms in total. The monoisotopic (exact) mass is 337 g/mol. The van der Waals surface area contributed by atoms with Crippen LogP contribution in [-0.4, -0.2) is 29.1 Å². The molecule has 0 unspecified atom stereocenters. The van der Waals surface area contributed by atoms with Crippen LogP contribution in [0.4, 0.5) is 0 Å². The third-order valence-corrected chi connectivity index (χ3v) is 4.23. The summed E-state index contributed by atoms with van der Waals surface area (Å²) in [7, 11) is 0. The zero-order chi connectivity index (χ0) is 17.5. The van der Waals surface area contributed by atoms with Crippen molar-refractivity contribution in [2.75, 3.05) is 13.2 Å². The van der Waals surface area contributed by atoms with Crippen molar-refractivity contribution in [3.8, 4) is 5.75 Å². The standard InChI is InChI=1S/C20H23N3O2/c1-2-16-7-9-17(10-8-16)25-14-13-23-19-6-4-3-5-18(19)22-20(23)11-12-21-15-24/h3-10,15H,2,11-14H2,1H3,(H,21,24).